The summed E-state index contributed by atoms with van der Waals surface area (Å²) >= 11 is 12.3. The third-order valence-electron chi connectivity index (χ3n) is 6.17. The number of rotatable bonds is 3. The van der Waals surface area contributed by atoms with E-state index in [0.717, 1.165) is 11.1 Å². The number of aryl methyl sites for hydroxylation is 1. The lowest BCUT2D eigenvalue weighted by atomic mass is 9.84. The molecule has 4 rings (SSSR count). The van der Waals surface area contributed by atoms with E-state index in [1.807, 2.05) is 45.9 Å². The Morgan fingerprint density at radius 2 is 1.60 bits per heavy atom. The zero-order valence-electron chi connectivity index (χ0n) is 19.7. The van der Waals surface area contributed by atoms with Crippen molar-refractivity contribution in [1.82, 2.24) is 0 Å². The summed E-state index contributed by atoms with van der Waals surface area (Å²) in [7, 11) is 0. The highest BCUT2D eigenvalue weighted by molar-refractivity contribution is 6.52. The van der Waals surface area contributed by atoms with Crippen molar-refractivity contribution in [2.24, 2.45) is 0 Å². The highest BCUT2D eigenvalue weighted by Gasteiger charge is 2.47. The summed E-state index contributed by atoms with van der Waals surface area (Å²) in [6.45, 7) is 7.96. The van der Waals surface area contributed by atoms with Gasteiger partial charge in [-0.2, -0.15) is 0 Å². The van der Waals surface area contributed by atoms with Gasteiger partial charge in [0.2, 0.25) is 0 Å². The van der Waals surface area contributed by atoms with Gasteiger partial charge in [-0.25, -0.2) is 4.39 Å². The molecular formula is C28H24Cl2FNO3. The molecule has 180 valence electrons. The van der Waals surface area contributed by atoms with E-state index in [9.17, 15) is 19.1 Å². The summed E-state index contributed by atoms with van der Waals surface area (Å²) in [6.07, 6.45) is 0. The Kier molecular flexibility index (Phi) is 6.52. The summed E-state index contributed by atoms with van der Waals surface area (Å²) in [5.74, 6) is -2.43. The lowest BCUT2D eigenvalue weighted by Crippen LogP contribution is -2.29. The first-order chi connectivity index (χ1) is 16.4. The van der Waals surface area contributed by atoms with Crippen LogP contribution in [-0.2, 0) is 15.0 Å². The fourth-order valence-corrected chi connectivity index (χ4v) is 4.48. The molecule has 1 amide bonds. The second kappa shape index (κ2) is 9.14. The first-order valence-corrected chi connectivity index (χ1v) is 11.8. The summed E-state index contributed by atoms with van der Waals surface area (Å²) in [5.41, 5.74) is 2.66. The van der Waals surface area contributed by atoms with Gasteiger partial charge in [-0.15, -0.1) is 0 Å². The molecule has 1 heterocycles. The van der Waals surface area contributed by atoms with Crippen molar-refractivity contribution < 1.29 is 19.1 Å². The van der Waals surface area contributed by atoms with Crippen LogP contribution in [0.5, 0.6) is 0 Å². The minimum atomic E-state index is -0.995. The Bertz CT molecular complexity index is 1370. The smallest absolute Gasteiger partial charge is 0.300 e. The number of anilines is 1. The van der Waals surface area contributed by atoms with Gasteiger partial charge >= 0.3 is 0 Å². The number of amides is 1. The summed E-state index contributed by atoms with van der Waals surface area (Å²) in [5, 5.41) is 12.0. The second-order valence-electron chi connectivity index (χ2n) is 9.60. The van der Waals surface area contributed by atoms with Crippen molar-refractivity contribution in [2.75, 3.05) is 4.90 Å². The van der Waals surface area contributed by atoms with Gasteiger partial charge in [0.05, 0.1) is 21.7 Å². The van der Waals surface area contributed by atoms with Gasteiger partial charge in [0, 0.05) is 11.3 Å². The van der Waals surface area contributed by atoms with Crippen molar-refractivity contribution >= 4 is 46.3 Å². The largest absolute Gasteiger partial charge is 0.507 e. The highest BCUT2D eigenvalue weighted by atomic mass is 35.5. The fourth-order valence-electron chi connectivity index (χ4n) is 4.18. The number of halogens is 3. The Labute approximate surface area is 213 Å². The molecule has 0 aromatic heterocycles. The Morgan fingerprint density at radius 3 is 2.20 bits per heavy atom. The van der Waals surface area contributed by atoms with Gasteiger partial charge in [-0.1, -0.05) is 68.2 Å². The lowest BCUT2D eigenvalue weighted by molar-refractivity contribution is -0.132. The number of nitrogens with zero attached hydrogens (tertiary/aromatic N) is 1. The quantitative estimate of drug-likeness (QED) is 0.227. The van der Waals surface area contributed by atoms with E-state index in [2.05, 4.69) is 0 Å². The minimum absolute atomic E-state index is 0.0816. The molecule has 3 aromatic carbocycles. The summed E-state index contributed by atoms with van der Waals surface area (Å²) in [4.78, 5) is 27.9. The van der Waals surface area contributed by atoms with Crippen LogP contribution in [0.2, 0.25) is 10.0 Å². The van der Waals surface area contributed by atoms with Gasteiger partial charge in [-0.3, -0.25) is 14.5 Å². The van der Waals surface area contributed by atoms with Gasteiger partial charge in [0.1, 0.15) is 11.6 Å². The molecular weight excluding hydrogens is 488 g/mol. The third-order valence-corrected chi connectivity index (χ3v) is 6.91. The number of carbonyl (C=O) groups excluding carboxylic acids is 2. The van der Waals surface area contributed by atoms with Gasteiger partial charge in [0.25, 0.3) is 11.7 Å². The van der Waals surface area contributed by atoms with Crippen LogP contribution in [-0.4, -0.2) is 16.8 Å². The maximum atomic E-state index is 13.7. The third kappa shape index (κ3) is 4.58. The van der Waals surface area contributed by atoms with Crippen molar-refractivity contribution in [3.05, 3.63) is 104 Å². The number of ketones is 1. The van der Waals surface area contributed by atoms with Crippen LogP contribution in [0, 0.1) is 12.7 Å². The van der Waals surface area contributed by atoms with Crippen LogP contribution in [0.1, 0.15) is 49.1 Å². The lowest BCUT2D eigenvalue weighted by Gasteiger charge is -2.26. The van der Waals surface area contributed by atoms with Gasteiger partial charge < -0.3 is 5.11 Å². The van der Waals surface area contributed by atoms with E-state index in [1.165, 1.54) is 41.3 Å². The van der Waals surface area contributed by atoms with Crippen LogP contribution in [0.25, 0.3) is 5.76 Å². The number of hydrogen-bond donors (Lipinski definition) is 1. The fraction of sp³-hybridized carbons (Fsp3) is 0.214. The van der Waals surface area contributed by atoms with Crippen LogP contribution < -0.4 is 4.90 Å². The normalized spacial score (nSPS) is 17.8. The van der Waals surface area contributed by atoms with E-state index in [-0.39, 0.29) is 21.8 Å². The van der Waals surface area contributed by atoms with Crippen molar-refractivity contribution in [2.45, 2.75) is 39.2 Å². The Morgan fingerprint density at radius 1 is 0.943 bits per heavy atom. The molecule has 0 bridgehead atoms. The highest BCUT2D eigenvalue weighted by Crippen LogP contribution is 2.44. The van der Waals surface area contributed by atoms with Crippen molar-refractivity contribution in [3.63, 3.8) is 0 Å². The monoisotopic (exact) mass is 511 g/mol. The molecule has 1 unspecified atom stereocenters. The minimum Gasteiger partial charge on any atom is -0.507 e. The maximum absolute atomic E-state index is 13.7. The number of Topliss-reactive ketones (excluding diaryl/α,β-unsaturated/α-hetero) is 1. The molecule has 7 heteroatoms. The molecule has 1 N–H and O–H groups in total. The molecule has 0 saturated carbocycles. The Balaban J connectivity index is 1.98. The van der Waals surface area contributed by atoms with Crippen LogP contribution in [0.15, 0.2) is 66.2 Å². The molecule has 0 aliphatic carbocycles. The molecule has 1 aliphatic heterocycles. The molecule has 1 aliphatic rings. The SMILES string of the molecule is Cc1ccc(C(C)(C)C)cc1/C(O)=C1\C(=O)C(=O)N(c2ccc(Cl)c(Cl)c2)C1c1ccc(F)cc1. The average molecular weight is 512 g/mol. The van der Waals surface area contributed by atoms with Gasteiger partial charge in [-0.05, 0) is 65.4 Å². The standard InChI is InChI=1S/C28H24Cl2FNO3/c1-15-5-8-17(28(2,3)4)13-20(15)25(33)23-24(16-6-9-18(31)10-7-16)32(27(35)26(23)34)19-11-12-21(29)22(30)14-19/h5-14,24,33H,1-4H3/b25-23+. The molecule has 4 nitrogen and oxygen atoms in total. The number of aliphatic hydroxyl groups excluding tert-OH is 1. The first-order valence-electron chi connectivity index (χ1n) is 11.0. The van der Waals surface area contributed by atoms with E-state index < -0.39 is 23.5 Å². The summed E-state index contributed by atoms with van der Waals surface area (Å²) < 4.78 is 13.7. The van der Waals surface area contributed by atoms with E-state index in [4.69, 9.17) is 23.2 Å². The number of hydrogen-bond acceptors (Lipinski definition) is 3. The topological polar surface area (TPSA) is 57.6 Å². The predicted molar refractivity (Wildman–Crippen MR) is 138 cm³/mol. The second-order valence-corrected chi connectivity index (χ2v) is 10.4. The number of benzene rings is 3. The molecule has 1 fully saturated rings. The molecule has 35 heavy (non-hydrogen) atoms. The zero-order valence-corrected chi connectivity index (χ0v) is 21.2. The number of carbonyl (C=O) groups is 2. The van der Waals surface area contributed by atoms with E-state index in [1.54, 1.807) is 6.07 Å². The molecule has 1 atom stereocenters. The van der Waals surface area contributed by atoms with Gasteiger partial charge in [0.15, 0.2) is 0 Å². The van der Waals surface area contributed by atoms with Crippen LogP contribution in [0.3, 0.4) is 0 Å². The van der Waals surface area contributed by atoms with E-state index in [0.29, 0.717) is 21.8 Å². The molecule has 0 radical (unpaired) electrons. The predicted octanol–water partition coefficient (Wildman–Crippen LogP) is 7.36. The van der Waals surface area contributed by atoms with Crippen LogP contribution in [0.4, 0.5) is 10.1 Å². The van der Waals surface area contributed by atoms with E-state index >= 15 is 0 Å². The molecule has 0 spiro atoms. The average Bonchev–Trinajstić information content (AvgIpc) is 3.06. The first kappa shape index (κ1) is 25.0. The zero-order chi connectivity index (χ0) is 25.7. The molecule has 3 aromatic rings. The molecule has 1 saturated heterocycles. The maximum Gasteiger partial charge on any atom is 0.300 e. The Hall–Kier alpha value is -3.15. The van der Waals surface area contributed by atoms with Crippen molar-refractivity contribution in [3.8, 4) is 0 Å². The van der Waals surface area contributed by atoms with Crippen molar-refractivity contribution in [1.29, 1.82) is 0 Å². The summed E-state index contributed by atoms with van der Waals surface area (Å²) in [6, 6.07) is 14.7. The van der Waals surface area contributed by atoms with Crippen LogP contribution >= 0.6 is 23.2 Å². The number of aliphatic hydroxyl groups is 1.